The van der Waals surface area contributed by atoms with E-state index in [-0.39, 0.29) is 0 Å². The number of nitrogens with zero attached hydrogens (tertiary/aromatic N) is 4. The van der Waals surface area contributed by atoms with Crippen LogP contribution < -0.4 is 4.90 Å². The quantitative estimate of drug-likeness (QED) is 0.689. The average Bonchev–Trinajstić information content (AvgIpc) is 3.00. The van der Waals surface area contributed by atoms with E-state index in [4.69, 9.17) is 4.98 Å². The molecule has 0 spiro atoms. The largest absolute Gasteiger partial charge is 0.350 e. The van der Waals surface area contributed by atoms with Gasteiger partial charge >= 0.3 is 0 Å². The Morgan fingerprint density at radius 3 is 2.65 bits per heavy atom. The third-order valence-electron chi connectivity index (χ3n) is 5.57. The minimum atomic E-state index is -0.642. The minimum absolute atomic E-state index is 0.310. The summed E-state index contributed by atoms with van der Waals surface area (Å²) in [5, 5.41) is 2.27. The maximum atomic E-state index is 13.8. The van der Waals surface area contributed by atoms with Crippen LogP contribution in [0.5, 0.6) is 0 Å². The van der Waals surface area contributed by atoms with E-state index in [1.54, 1.807) is 0 Å². The van der Waals surface area contributed by atoms with Crippen molar-refractivity contribution >= 4 is 27.8 Å². The van der Waals surface area contributed by atoms with Gasteiger partial charge in [-0.25, -0.2) is 9.37 Å². The molecule has 23 heavy (non-hydrogen) atoms. The van der Waals surface area contributed by atoms with E-state index in [9.17, 15) is 4.39 Å². The Morgan fingerprint density at radius 2 is 1.87 bits per heavy atom. The Labute approximate surface area is 133 Å². The summed E-state index contributed by atoms with van der Waals surface area (Å²) in [5.41, 5.74) is 2.12. The van der Waals surface area contributed by atoms with Crippen LogP contribution in [0.4, 0.5) is 10.2 Å². The summed E-state index contributed by atoms with van der Waals surface area (Å²) in [6.07, 6.45) is 6.54. The average molecular weight is 310 g/mol. The second-order valence-electron chi connectivity index (χ2n) is 6.85. The molecule has 0 saturated carbocycles. The smallest absolute Gasteiger partial charge is 0.143 e. The van der Waals surface area contributed by atoms with Crippen molar-refractivity contribution in [2.24, 2.45) is 7.05 Å². The molecular formula is C18H19FN4. The van der Waals surface area contributed by atoms with Gasteiger partial charge in [0.15, 0.2) is 0 Å². The number of hydrogen-bond acceptors (Lipinski definition) is 3. The SMILES string of the molecule is Cn1c2ccncc2c2ccc(N3[C@@H]4CC[C@H]3CC(F)C4)nc21. The summed E-state index contributed by atoms with van der Waals surface area (Å²) >= 11 is 0. The predicted molar refractivity (Wildman–Crippen MR) is 89.4 cm³/mol. The van der Waals surface area contributed by atoms with E-state index in [0.717, 1.165) is 40.6 Å². The summed E-state index contributed by atoms with van der Waals surface area (Å²) < 4.78 is 15.9. The highest BCUT2D eigenvalue weighted by Crippen LogP contribution is 2.40. The van der Waals surface area contributed by atoms with E-state index in [0.29, 0.717) is 24.9 Å². The van der Waals surface area contributed by atoms with E-state index in [2.05, 4.69) is 26.6 Å². The van der Waals surface area contributed by atoms with Gasteiger partial charge in [-0.05, 0) is 43.9 Å². The number of fused-ring (bicyclic) bond motifs is 5. The number of piperidine rings is 1. The first kappa shape index (κ1) is 13.3. The van der Waals surface area contributed by atoms with E-state index < -0.39 is 6.17 Å². The molecule has 3 aromatic rings. The van der Waals surface area contributed by atoms with Crippen molar-refractivity contribution in [1.82, 2.24) is 14.5 Å². The van der Waals surface area contributed by atoms with Crippen molar-refractivity contribution < 1.29 is 4.39 Å². The van der Waals surface area contributed by atoms with Gasteiger partial charge in [-0.15, -0.1) is 0 Å². The molecule has 0 aliphatic carbocycles. The maximum Gasteiger partial charge on any atom is 0.143 e. The highest BCUT2D eigenvalue weighted by molar-refractivity contribution is 6.06. The molecule has 5 heterocycles. The van der Waals surface area contributed by atoms with Crippen molar-refractivity contribution in [2.45, 2.75) is 43.9 Å². The second kappa shape index (κ2) is 4.66. The van der Waals surface area contributed by atoms with E-state index >= 15 is 0 Å². The van der Waals surface area contributed by atoms with Crippen LogP contribution in [0.25, 0.3) is 21.9 Å². The molecule has 3 atom stereocenters. The lowest BCUT2D eigenvalue weighted by molar-refractivity contribution is 0.242. The van der Waals surface area contributed by atoms with Gasteiger partial charge in [0.05, 0.1) is 5.52 Å². The normalized spacial score (nSPS) is 27.2. The molecule has 4 nitrogen and oxygen atoms in total. The number of rotatable bonds is 1. The molecule has 2 aliphatic rings. The summed E-state index contributed by atoms with van der Waals surface area (Å²) in [5.74, 6) is 0.996. The molecule has 5 rings (SSSR count). The summed E-state index contributed by atoms with van der Waals surface area (Å²) in [4.78, 5) is 11.5. The lowest BCUT2D eigenvalue weighted by atomic mass is 10.0. The third-order valence-corrected chi connectivity index (χ3v) is 5.57. The molecule has 2 aliphatic heterocycles. The van der Waals surface area contributed by atoms with Crippen LogP contribution in [0.15, 0.2) is 30.6 Å². The number of halogens is 1. The molecule has 2 bridgehead atoms. The fraction of sp³-hybridized carbons (Fsp3) is 0.444. The van der Waals surface area contributed by atoms with Crippen molar-refractivity contribution in [3.05, 3.63) is 30.6 Å². The molecule has 0 amide bonds. The fourth-order valence-electron chi connectivity index (χ4n) is 4.53. The highest BCUT2D eigenvalue weighted by atomic mass is 19.1. The van der Waals surface area contributed by atoms with Gasteiger partial charge in [0, 0.05) is 42.3 Å². The summed E-state index contributed by atoms with van der Waals surface area (Å²) in [6, 6.07) is 6.88. The zero-order valence-corrected chi connectivity index (χ0v) is 13.1. The first-order chi connectivity index (χ1) is 11.2. The maximum absolute atomic E-state index is 13.8. The van der Waals surface area contributed by atoms with Gasteiger partial charge < -0.3 is 9.47 Å². The summed E-state index contributed by atoms with van der Waals surface area (Å²) in [6.45, 7) is 0. The molecule has 118 valence electrons. The Bertz CT molecular complexity index is 889. The van der Waals surface area contributed by atoms with Gasteiger partial charge in [-0.2, -0.15) is 0 Å². The van der Waals surface area contributed by atoms with Crippen LogP contribution in [0.2, 0.25) is 0 Å². The van der Waals surface area contributed by atoms with Crippen molar-refractivity contribution in [2.75, 3.05) is 4.90 Å². The van der Waals surface area contributed by atoms with Crippen LogP contribution in [0.3, 0.4) is 0 Å². The lowest BCUT2D eigenvalue weighted by Gasteiger charge is -2.37. The molecule has 0 N–H and O–H groups in total. The zero-order valence-electron chi connectivity index (χ0n) is 13.1. The number of anilines is 1. The minimum Gasteiger partial charge on any atom is -0.350 e. The van der Waals surface area contributed by atoms with E-state index in [1.165, 1.54) is 0 Å². The number of aryl methyl sites for hydroxylation is 1. The standard InChI is InChI=1S/C18H19FN4/c1-22-16-6-7-20-10-15(16)14-4-5-17(21-18(14)22)23-12-2-3-13(23)9-11(19)8-12/h4-7,10-13H,2-3,8-9H2,1H3/t11?,12-,13+. The van der Waals surface area contributed by atoms with Gasteiger partial charge in [0.1, 0.15) is 17.6 Å². The van der Waals surface area contributed by atoms with Crippen LogP contribution >= 0.6 is 0 Å². The molecule has 1 unspecified atom stereocenters. The molecule has 2 fully saturated rings. The molecule has 2 saturated heterocycles. The van der Waals surface area contributed by atoms with Gasteiger partial charge in [0.25, 0.3) is 0 Å². The Hall–Kier alpha value is -2.17. The first-order valence-corrected chi connectivity index (χ1v) is 8.34. The number of aromatic nitrogens is 3. The van der Waals surface area contributed by atoms with Crippen molar-refractivity contribution in [3.8, 4) is 0 Å². The molecule has 3 aromatic heterocycles. The zero-order chi connectivity index (χ0) is 15.6. The monoisotopic (exact) mass is 310 g/mol. The third kappa shape index (κ3) is 1.82. The van der Waals surface area contributed by atoms with E-state index in [1.807, 2.05) is 25.5 Å². The number of pyridine rings is 2. The van der Waals surface area contributed by atoms with Gasteiger partial charge in [-0.1, -0.05) is 0 Å². The van der Waals surface area contributed by atoms with Crippen LogP contribution in [-0.4, -0.2) is 32.8 Å². The number of alkyl halides is 1. The molecule has 0 radical (unpaired) electrons. The Morgan fingerprint density at radius 1 is 1.09 bits per heavy atom. The summed E-state index contributed by atoms with van der Waals surface area (Å²) in [7, 11) is 2.05. The Kier molecular flexibility index (Phi) is 2.69. The molecule has 0 aromatic carbocycles. The predicted octanol–water partition coefficient (Wildman–Crippen LogP) is 3.59. The second-order valence-corrected chi connectivity index (χ2v) is 6.85. The van der Waals surface area contributed by atoms with Crippen molar-refractivity contribution in [3.63, 3.8) is 0 Å². The van der Waals surface area contributed by atoms with Gasteiger partial charge in [0.2, 0.25) is 0 Å². The van der Waals surface area contributed by atoms with Crippen LogP contribution in [0, 0.1) is 0 Å². The topological polar surface area (TPSA) is 34.0 Å². The van der Waals surface area contributed by atoms with Crippen molar-refractivity contribution in [1.29, 1.82) is 0 Å². The molecule has 5 heteroatoms. The van der Waals surface area contributed by atoms with Crippen LogP contribution in [0.1, 0.15) is 25.7 Å². The van der Waals surface area contributed by atoms with Crippen LogP contribution in [-0.2, 0) is 7.05 Å². The highest BCUT2D eigenvalue weighted by Gasteiger charge is 2.41. The van der Waals surface area contributed by atoms with Gasteiger partial charge in [-0.3, -0.25) is 4.98 Å². The Balaban J connectivity index is 1.66. The first-order valence-electron chi connectivity index (χ1n) is 8.34. The molecular weight excluding hydrogens is 291 g/mol. The number of hydrogen-bond donors (Lipinski definition) is 0. The lowest BCUT2D eigenvalue weighted by Crippen LogP contribution is -2.44. The fourth-order valence-corrected chi connectivity index (χ4v) is 4.53.